The van der Waals surface area contributed by atoms with Gasteiger partial charge in [-0.3, -0.25) is 0 Å². The van der Waals surface area contributed by atoms with Crippen LogP contribution in [0.15, 0.2) is 18.5 Å². The Hall–Kier alpha value is -1.62. The fraction of sp³-hybridized carbons (Fsp3) is 0.600. The number of piperidine rings is 1. The van der Waals surface area contributed by atoms with Gasteiger partial charge in [0.05, 0.1) is 18.3 Å². The molecule has 1 N–H and O–H groups in total. The topological polar surface area (TPSA) is 53.7 Å². The molecule has 3 rings (SSSR count). The molecule has 0 saturated carbocycles. The lowest BCUT2D eigenvalue weighted by Crippen LogP contribution is -2.42. The number of fused-ring (bicyclic) bond motifs is 1. The lowest BCUT2D eigenvalue weighted by molar-refractivity contribution is 0.239. The molecule has 1 fully saturated rings. The third-order valence-corrected chi connectivity index (χ3v) is 4.09. The first-order valence-corrected chi connectivity index (χ1v) is 7.42. The molecule has 0 amide bonds. The summed E-state index contributed by atoms with van der Waals surface area (Å²) in [7, 11) is 0. The molecular weight excluding hydrogens is 252 g/mol. The molecule has 3 heterocycles. The van der Waals surface area contributed by atoms with Crippen LogP contribution in [-0.2, 0) is 0 Å². The van der Waals surface area contributed by atoms with Gasteiger partial charge in [0, 0.05) is 18.9 Å². The van der Waals surface area contributed by atoms with Gasteiger partial charge in [0.1, 0.15) is 5.52 Å². The molecule has 0 radical (unpaired) electrons. The summed E-state index contributed by atoms with van der Waals surface area (Å²) in [5, 5.41) is 14.2. The van der Waals surface area contributed by atoms with E-state index in [2.05, 4.69) is 34.9 Å². The molecule has 2 aromatic heterocycles. The molecule has 0 spiro atoms. The van der Waals surface area contributed by atoms with Gasteiger partial charge in [0.15, 0.2) is 5.82 Å². The van der Waals surface area contributed by atoms with Gasteiger partial charge in [-0.15, -0.1) is 0 Å². The lowest BCUT2D eigenvalue weighted by atomic mass is 10.0. The molecule has 0 aliphatic carbocycles. The van der Waals surface area contributed by atoms with Crippen LogP contribution in [0.1, 0.15) is 44.7 Å². The molecule has 5 heteroatoms. The molecule has 108 valence electrons. The number of aromatic nitrogens is 3. The van der Waals surface area contributed by atoms with Crippen LogP contribution in [0.3, 0.4) is 0 Å². The fourth-order valence-corrected chi connectivity index (χ4v) is 2.90. The second kappa shape index (κ2) is 5.40. The molecule has 0 aromatic carbocycles. The van der Waals surface area contributed by atoms with E-state index in [0.29, 0.717) is 5.92 Å². The summed E-state index contributed by atoms with van der Waals surface area (Å²) >= 11 is 0. The van der Waals surface area contributed by atoms with Crippen molar-refractivity contribution >= 4 is 11.3 Å². The van der Waals surface area contributed by atoms with Crippen LogP contribution in [0, 0.1) is 0 Å². The number of hydrogen-bond donors (Lipinski definition) is 1. The van der Waals surface area contributed by atoms with Crippen LogP contribution in [0.4, 0.5) is 5.82 Å². The molecule has 1 unspecified atom stereocenters. The Labute approximate surface area is 119 Å². The zero-order valence-corrected chi connectivity index (χ0v) is 12.2. The first-order chi connectivity index (χ1) is 9.70. The molecular formula is C15H22N4O. The number of anilines is 1. The predicted octanol–water partition coefficient (Wildman–Crippen LogP) is 2.20. The van der Waals surface area contributed by atoms with Crippen LogP contribution in [-0.4, -0.2) is 38.9 Å². The number of nitrogens with zero attached hydrogens (tertiary/aromatic N) is 4. The normalized spacial score (nSPS) is 20.0. The lowest BCUT2D eigenvalue weighted by Gasteiger charge is -2.35. The number of rotatable bonds is 3. The Kier molecular flexibility index (Phi) is 3.61. The zero-order valence-electron chi connectivity index (χ0n) is 12.2. The first-order valence-electron chi connectivity index (χ1n) is 7.42. The Balaban J connectivity index is 2.05. The number of aliphatic hydroxyl groups excluding tert-OH is 1. The van der Waals surface area contributed by atoms with Crippen molar-refractivity contribution < 1.29 is 5.11 Å². The predicted molar refractivity (Wildman–Crippen MR) is 79.1 cm³/mol. The van der Waals surface area contributed by atoms with E-state index in [1.165, 1.54) is 6.42 Å². The molecule has 20 heavy (non-hydrogen) atoms. The van der Waals surface area contributed by atoms with Gasteiger partial charge >= 0.3 is 0 Å². The van der Waals surface area contributed by atoms with Crippen molar-refractivity contribution in [3.63, 3.8) is 0 Å². The van der Waals surface area contributed by atoms with E-state index in [4.69, 9.17) is 0 Å². The van der Waals surface area contributed by atoms with E-state index >= 15 is 0 Å². The quantitative estimate of drug-likeness (QED) is 0.932. The summed E-state index contributed by atoms with van der Waals surface area (Å²) in [4.78, 5) is 6.80. The van der Waals surface area contributed by atoms with Crippen LogP contribution in [0.25, 0.3) is 5.52 Å². The Morgan fingerprint density at radius 1 is 1.40 bits per heavy atom. The Bertz CT molecular complexity index is 593. The second-order valence-electron chi connectivity index (χ2n) is 5.83. The average Bonchev–Trinajstić information content (AvgIpc) is 2.91. The van der Waals surface area contributed by atoms with E-state index in [0.717, 1.165) is 36.4 Å². The summed E-state index contributed by atoms with van der Waals surface area (Å²) in [6.45, 7) is 5.44. The monoisotopic (exact) mass is 274 g/mol. The maximum absolute atomic E-state index is 9.60. The molecule has 1 atom stereocenters. The molecule has 1 saturated heterocycles. The SMILES string of the molecule is CC(C)c1cc2c(N3CCCCC3CO)nccn2n1. The maximum atomic E-state index is 9.60. The van der Waals surface area contributed by atoms with Gasteiger partial charge in [-0.05, 0) is 31.2 Å². The summed E-state index contributed by atoms with van der Waals surface area (Å²) in [5.74, 6) is 1.35. The van der Waals surface area contributed by atoms with Crippen LogP contribution in [0.2, 0.25) is 0 Å². The highest BCUT2D eigenvalue weighted by molar-refractivity contribution is 5.69. The van der Waals surface area contributed by atoms with E-state index < -0.39 is 0 Å². The Morgan fingerprint density at radius 2 is 2.25 bits per heavy atom. The third-order valence-electron chi connectivity index (χ3n) is 4.09. The van der Waals surface area contributed by atoms with Crippen molar-refractivity contribution in [1.29, 1.82) is 0 Å². The van der Waals surface area contributed by atoms with Gasteiger partial charge in [-0.2, -0.15) is 5.10 Å². The standard InChI is InChI=1S/C15H22N4O/c1-11(2)13-9-14-15(16-6-8-19(14)17-13)18-7-4-3-5-12(18)10-20/h6,8-9,11-12,20H,3-5,7,10H2,1-2H3. The Morgan fingerprint density at radius 3 is 3.00 bits per heavy atom. The van der Waals surface area contributed by atoms with E-state index in [1.54, 1.807) is 6.20 Å². The van der Waals surface area contributed by atoms with Crippen molar-refractivity contribution in [3.05, 3.63) is 24.2 Å². The first kappa shape index (κ1) is 13.4. The molecule has 5 nitrogen and oxygen atoms in total. The molecule has 0 bridgehead atoms. The zero-order chi connectivity index (χ0) is 14.1. The van der Waals surface area contributed by atoms with Crippen molar-refractivity contribution in [2.24, 2.45) is 0 Å². The van der Waals surface area contributed by atoms with E-state index in [-0.39, 0.29) is 12.6 Å². The molecule has 1 aliphatic rings. The number of hydrogen-bond acceptors (Lipinski definition) is 4. The highest BCUT2D eigenvalue weighted by atomic mass is 16.3. The van der Waals surface area contributed by atoms with Gasteiger partial charge in [0.25, 0.3) is 0 Å². The van der Waals surface area contributed by atoms with Gasteiger partial charge in [-0.1, -0.05) is 13.8 Å². The van der Waals surface area contributed by atoms with Crippen molar-refractivity contribution in [2.45, 2.75) is 45.1 Å². The summed E-state index contributed by atoms with van der Waals surface area (Å²) in [6.07, 6.45) is 7.06. The third kappa shape index (κ3) is 2.26. The van der Waals surface area contributed by atoms with E-state index in [9.17, 15) is 5.11 Å². The highest BCUT2D eigenvalue weighted by Crippen LogP contribution is 2.28. The van der Waals surface area contributed by atoms with Gasteiger partial charge in [-0.25, -0.2) is 9.50 Å². The maximum Gasteiger partial charge on any atom is 0.155 e. The highest BCUT2D eigenvalue weighted by Gasteiger charge is 2.25. The molecule has 2 aromatic rings. The van der Waals surface area contributed by atoms with Crippen LogP contribution >= 0.6 is 0 Å². The van der Waals surface area contributed by atoms with E-state index in [1.807, 2.05) is 10.7 Å². The van der Waals surface area contributed by atoms with Gasteiger partial charge in [0.2, 0.25) is 0 Å². The summed E-state index contributed by atoms with van der Waals surface area (Å²) in [6, 6.07) is 2.30. The summed E-state index contributed by atoms with van der Waals surface area (Å²) < 4.78 is 1.90. The minimum absolute atomic E-state index is 0.180. The smallest absolute Gasteiger partial charge is 0.155 e. The van der Waals surface area contributed by atoms with Gasteiger partial charge < -0.3 is 10.0 Å². The minimum atomic E-state index is 0.180. The second-order valence-corrected chi connectivity index (χ2v) is 5.83. The summed E-state index contributed by atoms with van der Waals surface area (Å²) in [5.41, 5.74) is 2.12. The number of aliphatic hydroxyl groups is 1. The van der Waals surface area contributed by atoms with Crippen molar-refractivity contribution in [2.75, 3.05) is 18.1 Å². The minimum Gasteiger partial charge on any atom is -0.394 e. The average molecular weight is 274 g/mol. The van der Waals surface area contributed by atoms with Crippen molar-refractivity contribution in [1.82, 2.24) is 14.6 Å². The fourth-order valence-electron chi connectivity index (χ4n) is 2.90. The largest absolute Gasteiger partial charge is 0.394 e. The van der Waals surface area contributed by atoms with Crippen molar-refractivity contribution in [3.8, 4) is 0 Å². The van der Waals surface area contributed by atoms with Crippen LogP contribution in [0.5, 0.6) is 0 Å². The van der Waals surface area contributed by atoms with Crippen LogP contribution < -0.4 is 4.90 Å². The molecule has 1 aliphatic heterocycles.